The lowest BCUT2D eigenvalue weighted by atomic mass is 10.3. The molecule has 1 rings (SSSR count). The third-order valence-corrected chi connectivity index (χ3v) is 1.82. The maximum atomic E-state index is 5.73. The fourth-order valence-electron chi connectivity index (χ4n) is 0.654. The first-order valence-corrected chi connectivity index (χ1v) is 3.83. The molecule has 0 fully saturated rings. The minimum absolute atomic E-state index is 0.423. The number of rotatable bonds is 1. The SMILES string of the molecule is Cc1ccc(CCl)c(Cl)n1. The van der Waals surface area contributed by atoms with Crippen molar-refractivity contribution in [2.45, 2.75) is 12.8 Å². The summed E-state index contributed by atoms with van der Waals surface area (Å²) in [5, 5.41) is 0.509. The molecule has 1 aromatic rings. The van der Waals surface area contributed by atoms with E-state index in [9.17, 15) is 0 Å². The first-order valence-electron chi connectivity index (χ1n) is 2.92. The van der Waals surface area contributed by atoms with Gasteiger partial charge in [-0.25, -0.2) is 4.98 Å². The Bertz CT molecular complexity index is 235. The summed E-state index contributed by atoms with van der Waals surface area (Å²) in [5.74, 6) is 0.423. The largest absolute Gasteiger partial charge is 0.241 e. The van der Waals surface area contributed by atoms with Gasteiger partial charge in [-0.15, -0.1) is 11.6 Å². The van der Waals surface area contributed by atoms with Crippen LogP contribution in [0.15, 0.2) is 12.1 Å². The van der Waals surface area contributed by atoms with E-state index in [0.717, 1.165) is 11.3 Å². The number of halogens is 2. The molecule has 1 aromatic heterocycles. The van der Waals surface area contributed by atoms with Gasteiger partial charge in [0.1, 0.15) is 5.15 Å². The van der Waals surface area contributed by atoms with Gasteiger partial charge in [0.15, 0.2) is 0 Å². The zero-order valence-electron chi connectivity index (χ0n) is 5.56. The Labute approximate surface area is 70.0 Å². The van der Waals surface area contributed by atoms with Gasteiger partial charge in [-0.05, 0) is 13.0 Å². The Hall–Kier alpha value is -0.270. The van der Waals surface area contributed by atoms with Gasteiger partial charge in [0.25, 0.3) is 0 Å². The second-order valence-corrected chi connectivity index (χ2v) is 2.66. The van der Waals surface area contributed by atoms with Crippen molar-refractivity contribution in [2.24, 2.45) is 0 Å². The average Bonchev–Trinajstić information content (AvgIpc) is 1.88. The van der Waals surface area contributed by atoms with Crippen molar-refractivity contribution in [1.82, 2.24) is 4.98 Å². The highest BCUT2D eigenvalue weighted by Gasteiger charge is 1.98. The monoisotopic (exact) mass is 175 g/mol. The van der Waals surface area contributed by atoms with Gasteiger partial charge in [-0.2, -0.15) is 0 Å². The van der Waals surface area contributed by atoms with Gasteiger partial charge in [0.05, 0.1) is 5.88 Å². The molecule has 0 saturated heterocycles. The molecule has 3 heteroatoms. The van der Waals surface area contributed by atoms with Crippen LogP contribution in [0.1, 0.15) is 11.3 Å². The van der Waals surface area contributed by atoms with E-state index < -0.39 is 0 Å². The second kappa shape index (κ2) is 3.22. The number of alkyl halides is 1. The molecule has 0 aliphatic carbocycles. The van der Waals surface area contributed by atoms with E-state index in [2.05, 4.69) is 4.98 Å². The first-order chi connectivity index (χ1) is 4.74. The molecule has 54 valence electrons. The number of aromatic nitrogens is 1. The van der Waals surface area contributed by atoms with Crippen molar-refractivity contribution in [3.63, 3.8) is 0 Å². The van der Waals surface area contributed by atoms with Crippen LogP contribution >= 0.6 is 23.2 Å². The van der Waals surface area contributed by atoms with Crippen LogP contribution in [-0.2, 0) is 5.88 Å². The van der Waals surface area contributed by atoms with Crippen molar-refractivity contribution in [2.75, 3.05) is 0 Å². The second-order valence-electron chi connectivity index (χ2n) is 2.04. The van der Waals surface area contributed by atoms with Crippen LogP contribution < -0.4 is 0 Å². The summed E-state index contributed by atoms with van der Waals surface area (Å²) in [6.45, 7) is 1.89. The van der Waals surface area contributed by atoms with Gasteiger partial charge in [-0.3, -0.25) is 0 Å². The summed E-state index contributed by atoms with van der Waals surface area (Å²) < 4.78 is 0. The van der Waals surface area contributed by atoms with Crippen LogP contribution in [0.3, 0.4) is 0 Å². The molecule has 0 aliphatic heterocycles. The van der Waals surface area contributed by atoms with Gasteiger partial charge in [-0.1, -0.05) is 17.7 Å². The fraction of sp³-hybridized carbons (Fsp3) is 0.286. The number of pyridine rings is 1. The predicted molar refractivity (Wildman–Crippen MR) is 43.5 cm³/mol. The molecule has 1 heterocycles. The molecule has 0 atom stereocenters. The van der Waals surface area contributed by atoms with Crippen molar-refractivity contribution >= 4 is 23.2 Å². The molecule has 1 nitrogen and oxygen atoms in total. The lowest BCUT2D eigenvalue weighted by molar-refractivity contribution is 1.16. The number of aryl methyl sites for hydroxylation is 1. The molecule has 0 N–H and O–H groups in total. The van der Waals surface area contributed by atoms with E-state index in [-0.39, 0.29) is 0 Å². The third kappa shape index (κ3) is 1.61. The van der Waals surface area contributed by atoms with Crippen LogP contribution in [0.25, 0.3) is 0 Å². The molecule has 0 radical (unpaired) electrons. The van der Waals surface area contributed by atoms with Crippen LogP contribution in [0.2, 0.25) is 5.15 Å². The highest BCUT2D eigenvalue weighted by molar-refractivity contribution is 6.31. The minimum atomic E-state index is 0.423. The molecular formula is C7H7Cl2N. The molecule has 0 unspecified atom stereocenters. The lowest BCUT2D eigenvalue weighted by Gasteiger charge is -1.98. The summed E-state index contributed by atoms with van der Waals surface area (Å²) in [7, 11) is 0. The number of hydrogen-bond acceptors (Lipinski definition) is 1. The smallest absolute Gasteiger partial charge is 0.133 e. The Balaban J connectivity index is 3.07. The van der Waals surface area contributed by atoms with Crippen molar-refractivity contribution in [3.8, 4) is 0 Å². The van der Waals surface area contributed by atoms with Gasteiger partial charge in [0.2, 0.25) is 0 Å². The molecule has 0 saturated carbocycles. The molecule has 10 heavy (non-hydrogen) atoms. The standard InChI is InChI=1S/C7H7Cl2N/c1-5-2-3-6(4-8)7(9)10-5/h2-3H,4H2,1H3. The van der Waals surface area contributed by atoms with Gasteiger partial charge < -0.3 is 0 Å². The van der Waals surface area contributed by atoms with E-state index in [0.29, 0.717) is 11.0 Å². The molecule has 0 aromatic carbocycles. The highest BCUT2D eigenvalue weighted by Crippen LogP contribution is 2.14. The molecule has 0 amide bonds. The van der Waals surface area contributed by atoms with E-state index in [4.69, 9.17) is 23.2 Å². The quantitative estimate of drug-likeness (QED) is 0.473. The summed E-state index contributed by atoms with van der Waals surface area (Å²) in [4.78, 5) is 4.03. The predicted octanol–water partition coefficient (Wildman–Crippen LogP) is 2.78. The van der Waals surface area contributed by atoms with Gasteiger partial charge >= 0.3 is 0 Å². The third-order valence-electron chi connectivity index (χ3n) is 1.21. The van der Waals surface area contributed by atoms with Crippen molar-refractivity contribution in [3.05, 3.63) is 28.5 Å². The Kier molecular flexibility index (Phi) is 2.52. The van der Waals surface area contributed by atoms with Gasteiger partial charge in [0, 0.05) is 11.3 Å². The fourth-order valence-corrected chi connectivity index (χ4v) is 1.20. The Morgan fingerprint density at radius 1 is 1.50 bits per heavy atom. The lowest BCUT2D eigenvalue weighted by Crippen LogP contribution is -1.86. The van der Waals surface area contributed by atoms with Crippen LogP contribution in [0, 0.1) is 6.92 Å². The maximum absolute atomic E-state index is 5.73. The Morgan fingerprint density at radius 2 is 2.20 bits per heavy atom. The van der Waals surface area contributed by atoms with E-state index >= 15 is 0 Å². The van der Waals surface area contributed by atoms with E-state index in [1.165, 1.54) is 0 Å². The average molecular weight is 176 g/mol. The number of hydrogen-bond donors (Lipinski definition) is 0. The van der Waals surface area contributed by atoms with Crippen LogP contribution in [0.4, 0.5) is 0 Å². The van der Waals surface area contributed by atoms with Crippen molar-refractivity contribution in [1.29, 1.82) is 0 Å². The normalized spacial score (nSPS) is 9.90. The Morgan fingerprint density at radius 3 is 2.70 bits per heavy atom. The highest BCUT2D eigenvalue weighted by atomic mass is 35.5. The van der Waals surface area contributed by atoms with Crippen LogP contribution in [-0.4, -0.2) is 4.98 Å². The van der Waals surface area contributed by atoms with E-state index in [1.807, 2.05) is 19.1 Å². The zero-order chi connectivity index (χ0) is 7.56. The molecule has 0 spiro atoms. The first kappa shape index (κ1) is 7.83. The number of nitrogens with zero attached hydrogens (tertiary/aromatic N) is 1. The molecule has 0 aliphatic rings. The van der Waals surface area contributed by atoms with E-state index in [1.54, 1.807) is 0 Å². The topological polar surface area (TPSA) is 12.9 Å². The zero-order valence-corrected chi connectivity index (χ0v) is 7.08. The summed E-state index contributed by atoms with van der Waals surface area (Å²) >= 11 is 11.3. The molecular weight excluding hydrogens is 169 g/mol. The minimum Gasteiger partial charge on any atom is -0.241 e. The summed E-state index contributed by atoms with van der Waals surface area (Å²) in [6.07, 6.45) is 0. The summed E-state index contributed by atoms with van der Waals surface area (Å²) in [6, 6.07) is 3.78. The molecule has 0 bridgehead atoms. The van der Waals surface area contributed by atoms with Crippen molar-refractivity contribution < 1.29 is 0 Å². The maximum Gasteiger partial charge on any atom is 0.133 e. The van der Waals surface area contributed by atoms with Crippen LogP contribution in [0.5, 0.6) is 0 Å². The summed E-state index contributed by atoms with van der Waals surface area (Å²) in [5.41, 5.74) is 1.80.